The number of aliphatic hydroxyl groups is 1. The lowest BCUT2D eigenvalue weighted by molar-refractivity contribution is 0.0694. The minimum Gasteiger partial charge on any atom is -0.389 e. The number of rotatable bonds is 4. The molecule has 0 aliphatic heterocycles. The second kappa shape index (κ2) is 5.19. The molecule has 0 saturated heterocycles. The van der Waals surface area contributed by atoms with Crippen molar-refractivity contribution in [3.63, 3.8) is 0 Å². The average molecular weight is 236 g/mol. The highest BCUT2D eigenvalue weighted by Crippen LogP contribution is 2.12. The molecular weight excluding hydrogens is 216 g/mol. The molecule has 0 spiro atoms. The van der Waals surface area contributed by atoms with Gasteiger partial charge >= 0.3 is 0 Å². The molecule has 0 aliphatic rings. The fourth-order valence-corrected chi connectivity index (χ4v) is 1.31. The Labute approximate surface area is 102 Å². The second-order valence-electron chi connectivity index (χ2n) is 4.94. The predicted molar refractivity (Wildman–Crippen MR) is 69.4 cm³/mol. The van der Waals surface area contributed by atoms with E-state index in [-0.39, 0.29) is 12.5 Å². The summed E-state index contributed by atoms with van der Waals surface area (Å²) in [4.78, 5) is 13.7. The first kappa shape index (κ1) is 13.5. The van der Waals surface area contributed by atoms with Gasteiger partial charge in [-0.2, -0.15) is 0 Å². The number of benzene rings is 1. The summed E-state index contributed by atoms with van der Waals surface area (Å²) in [5.41, 5.74) is 0.753. The summed E-state index contributed by atoms with van der Waals surface area (Å²) in [5.74, 6) is -0.169. The lowest BCUT2D eigenvalue weighted by atomic mass is 10.1. The van der Waals surface area contributed by atoms with E-state index in [1.807, 2.05) is 31.1 Å². The lowest BCUT2D eigenvalue weighted by Crippen LogP contribution is -2.38. The SMILES string of the molecule is CN(C)c1ccc(C(=O)NCC(C)(C)O)cc1. The number of carbonyl (C=O) groups is 1. The third-order valence-corrected chi connectivity index (χ3v) is 2.33. The minimum atomic E-state index is -0.890. The molecule has 94 valence electrons. The van der Waals surface area contributed by atoms with Gasteiger partial charge in [-0.25, -0.2) is 0 Å². The van der Waals surface area contributed by atoms with E-state index in [1.54, 1.807) is 26.0 Å². The van der Waals surface area contributed by atoms with E-state index in [9.17, 15) is 9.90 Å². The molecule has 1 aromatic carbocycles. The van der Waals surface area contributed by atoms with Crippen LogP contribution in [-0.2, 0) is 0 Å². The van der Waals surface area contributed by atoms with Gasteiger partial charge in [0.2, 0.25) is 0 Å². The molecule has 4 heteroatoms. The van der Waals surface area contributed by atoms with Crippen LogP contribution in [0, 0.1) is 0 Å². The fourth-order valence-electron chi connectivity index (χ4n) is 1.31. The highest BCUT2D eigenvalue weighted by molar-refractivity contribution is 5.94. The highest BCUT2D eigenvalue weighted by Gasteiger charge is 2.14. The zero-order chi connectivity index (χ0) is 13.1. The van der Waals surface area contributed by atoms with Gasteiger partial charge in [0.15, 0.2) is 0 Å². The Hall–Kier alpha value is -1.55. The molecule has 2 N–H and O–H groups in total. The van der Waals surface area contributed by atoms with Crippen LogP contribution in [0.4, 0.5) is 5.69 Å². The quantitative estimate of drug-likeness (QED) is 0.827. The number of nitrogens with zero attached hydrogens (tertiary/aromatic N) is 1. The van der Waals surface area contributed by atoms with Crippen LogP contribution in [0.3, 0.4) is 0 Å². The average Bonchev–Trinajstić information content (AvgIpc) is 2.25. The number of amides is 1. The van der Waals surface area contributed by atoms with E-state index in [2.05, 4.69) is 5.32 Å². The normalized spacial score (nSPS) is 11.1. The number of hydrogen-bond donors (Lipinski definition) is 2. The minimum absolute atomic E-state index is 0.169. The number of anilines is 1. The summed E-state index contributed by atoms with van der Waals surface area (Å²) in [6, 6.07) is 7.32. The first-order chi connectivity index (χ1) is 7.79. The van der Waals surface area contributed by atoms with Gasteiger partial charge < -0.3 is 15.3 Å². The van der Waals surface area contributed by atoms with Gasteiger partial charge in [0.25, 0.3) is 5.91 Å². The van der Waals surface area contributed by atoms with Crippen LogP contribution in [0.15, 0.2) is 24.3 Å². The first-order valence-corrected chi connectivity index (χ1v) is 5.57. The van der Waals surface area contributed by atoms with Crippen molar-refractivity contribution in [3.05, 3.63) is 29.8 Å². The van der Waals surface area contributed by atoms with Crippen molar-refractivity contribution in [2.45, 2.75) is 19.4 Å². The van der Waals surface area contributed by atoms with Crippen LogP contribution in [-0.4, -0.2) is 37.3 Å². The van der Waals surface area contributed by atoms with Crippen molar-refractivity contribution in [3.8, 4) is 0 Å². The Balaban J connectivity index is 2.64. The smallest absolute Gasteiger partial charge is 0.251 e. The Kier molecular flexibility index (Phi) is 4.12. The van der Waals surface area contributed by atoms with Gasteiger partial charge in [0, 0.05) is 31.9 Å². The molecule has 1 amide bonds. The molecule has 17 heavy (non-hydrogen) atoms. The third kappa shape index (κ3) is 4.44. The summed E-state index contributed by atoms with van der Waals surface area (Å²) < 4.78 is 0. The van der Waals surface area contributed by atoms with E-state index >= 15 is 0 Å². The summed E-state index contributed by atoms with van der Waals surface area (Å²) >= 11 is 0. The van der Waals surface area contributed by atoms with Gasteiger partial charge in [-0.1, -0.05) is 0 Å². The summed E-state index contributed by atoms with van der Waals surface area (Å²) in [6.45, 7) is 3.55. The highest BCUT2D eigenvalue weighted by atomic mass is 16.3. The molecule has 0 radical (unpaired) electrons. The Morgan fingerprint density at radius 3 is 2.24 bits per heavy atom. The number of nitrogens with one attached hydrogen (secondary N) is 1. The van der Waals surface area contributed by atoms with E-state index in [4.69, 9.17) is 0 Å². The Morgan fingerprint density at radius 1 is 1.29 bits per heavy atom. The number of hydrogen-bond acceptors (Lipinski definition) is 3. The molecule has 1 aromatic rings. The third-order valence-electron chi connectivity index (χ3n) is 2.33. The molecule has 1 rings (SSSR count). The van der Waals surface area contributed by atoms with Crippen molar-refractivity contribution < 1.29 is 9.90 Å². The molecule has 0 unspecified atom stereocenters. The van der Waals surface area contributed by atoms with Crippen LogP contribution in [0.2, 0.25) is 0 Å². The van der Waals surface area contributed by atoms with Gasteiger partial charge in [-0.15, -0.1) is 0 Å². The first-order valence-electron chi connectivity index (χ1n) is 5.57. The molecule has 0 bridgehead atoms. The van der Waals surface area contributed by atoms with E-state index in [1.165, 1.54) is 0 Å². The second-order valence-corrected chi connectivity index (χ2v) is 4.94. The molecular formula is C13H20N2O2. The van der Waals surface area contributed by atoms with Crippen molar-refractivity contribution in [2.75, 3.05) is 25.5 Å². The van der Waals surface area contributed by atoms with Crippen LogP contribution in [0.5, 0.6) is 0 Å². The van der Waals surface area contributed by atoms with Crippen molar-refractivity contribution >= 4 is 11.6 Å². The van der Waals surface area contributed by atoms with Crippen LogP contribution >= 0.6 is 0 Å². The van der Waals surface area contributed by atoms with Crippen molar-refractivity contribution in [1.29, 1.82) is 0 Å². The molecule has 0 aromatic heterocycles. The number of carbonyl (C=O) groups excluding carboxylic acids is 1. The molecule has 0 atom stereocenters. The fraction of sp³-hybridized carbons (Fsp3) is 0.462. The van der Waals surface area contributed by atoms with Crippen LogP contribution in [0.1, 0.15) is 24.2 Å². The molecule has 4 nitrogen and oxygen atoms in total. The Bertz CT molecular complexity index is 377. The van der Waals surface area contributed by atoms with Gasteiger partial charge in [-0.3, -0.25) is 4.79 Å². The maximum atomic E-state index is 11.7. The topological polar surface area (TPSA) is 52.6 Å². The summed E-state index contributed by atoms with van der Waals surface area (Å²) in [7, 11) is 3.90. The Morgan fingerprint density at radius 2 is 1.82 bits per heavy atom. The van der Waals surface area contributed by atoms with Gasteiger partial charge in [0.05, 0.1) is 5.60 Å². The predicted octanol–water partition coefficient (Wildman–Crippen LogP) is 1.25. The van der Waals surface area contributed by atoms with E-state index in [0.29, 0.717) is 5.56 Å². The molecule has 0 fully saturated rings. The zero-order valence-corrected chi connectivity index (χ0v) is 10.8. The van der Waals surface area contributed by atoms with Crippen molar-refractivity contribution in [2.24, 2.45) is 0 Å². The summed E-state index contributed by atoms with van der Waals surface area (Å²) in [6.07, 6.45) is 0. The lowest BCUT2D eigenvalue weighted by Gasteiger charge is -2.18. The van der Waals surface area contributed by atoms with Gasteiger partial charge in [0.1, 0.15) is 0 Å². The maximum absolute atomic E-state index is 11.7. The largest absolute Gasteiger partial charge is 0.389 e. The maximum Gasteiger partial charge on any atom is 0.251 e. The molecule has 0 saturated carbocycles. The monoisotopic (exact) mass is 236 g/mol. The summed E-state index contributed by atoms with van der Waals surface area (Å²) in [5, 5.41) is 12.2. The van der Waals surface area contributed by atoms with Crippen LogP contribution in [0.25, 0.3) is 0 Å². The van der Waals surface area contributed by atoms with Crippen LogP contribution < -0.4 is 10.2 Å². The molecule has 0 heterocycles. The van der Waals surface area contributed by atoms with E-state index < -0.39 is 5.60 Å². The van der Waals surface area contributed by atoms with Crippen molar-refractivity contribution in [1.82, 2.24) is 5.32 Å². The van der Waals surface area contributed by atoms with Gasteiger partial charge in [-0.05, 0) is 38.1 Å². The standard InChI is InChI=1S/C13H20N2O2/c1-13(2,17)9-14-12(16)10-5-7-11(8-6-10)15(3)4/h5-8,17H,9H2,1-4H3,(H,14,16). The zero-order valence-electron chi connectivity index (χ0n) is 10.8. The molecule has 0 aliphatic carbocycles. The van der Waals surface area contributed by atoms with E-state index in [0.717, 1.165) is 5.69 Å².